The second-order valence-electron chi connectivity index (χ2n) is 4.34. The average molecular weight is 286 g/mol. The van der Waals surface area contributed by atoms with Crippen molar-refractivity contribution >= 4 is 30.7 Å². The molecule has 2 unspecified atom stereocenters. The van der Waals surface area contributed by atoms with E-state index < -0.39 is 0 Å². The highest BCUT2D eigenvalue weighted by Gasteiger charge is 2.25. The topological polar surface area (TPSA) is 81.1 Å². The molecule has 4 nitrogen and oxygen atoms in total. The Balaban J connectivity index is 0. The molecular weight excluding hydrogens is 261 g/mol. The van der Waals surface area contributed by atoms with Gasteiger partial charge in [0.1, 0.15) is 0 Å². The third kappa shape index (κ3) is 7.09. The zero-order valence-electron chi connectivity index (χ0n) is 10.2. The molecule has 1 saturated carbocycles. The van der Waals surface area contributed by atoms with Crippen LogP contribution in [0.3, 0.4) is 0 Å². The number of carbonyl (C=O) groups excluding carboxylic acids is 1. The number of hydrogen-bond acceptors (Lipinski definition) is 3. The summed E-state index contributed by atoms with van der Waals surface area (Å²) in [5.74, 6) is 0.0895. The SMILES string of the molecule is Cl.Cl.NCCNC(=O)C1CCCCCCC1N. The van der Waals surface area contributed by atoms with Crippen molar-refractivity contribution in [2.24, 2.45) is 17.4 Å². The number of halogens is 2. The summed E-state index contributed by atoms with van der Waals surface area (Å²) >= 11 is 0. The van der Waals surface area contributed by atoms with E-state index in [-0.39, 0.29) is 42.7 Å². The highest BCUT2D eigenvalue weighted by molar-refractivity contribution is 5.85. The molecule has 0 radical (unpaired) electrons. The van der Waals surface area contributed by atoms with Crippen molar-refractivity contribution < 1.29 is 4.79 Å². The maximum atomic E-state index is 11.8. The number of carbonyl (C=O) groups is 1. The van der Waals surface area contributed by atoms with Gasteiger partial charge in [-0.05, 0) is 12.8 Å². The lowest BCUT2D eigenvalue weighted by molar-refractivity contribution is -0.126. The monoisotopic (exact) mass is 285 g/mol. The number of rotatable bonds is 3. The molecule has 1 rings (SSSR count). The van der Waals surface area contributed by atoms with Gasteiger partial charge in [-0.25, -0.2) is 0 Å². The van der Waals surface area contributed by atoms with E-state index in [0.29, 0.717) is 13.1 Å². The second-order valence-corrected chi connectivity index (χ2v) is 4.34. The van der Waals surface area contributed by atoms with E-state index >= 15 is 0 Å². The molecule has 0 aromatic carbocycles. The van der Waals surface area contributed by atoms with Gasteiger partial charge in [-0.1, -0.05) is 25.7 Å². The Bertz CT molecular complexity index is 205. The largest absolute Gasteiger partial charge is 0.355 e. The summed E-state index contributed by atoms with van der Waals surface area (Å²) in [6.07, 6.45) is 6.66. The van der Waals surface area contributed by atoms with Gasteiger partial charge in [-0.3, -0.25) is 4.79 Å². The summed E-state index contributed by atoms with van der Waals surface area (Å²) < 4.78 is 0. The maximum Gasteiger partial charge on any atom is 0.224 e. The fourth-order valence-corrected chi connectivity index (χ4v) is 2.17. The van der Waals surface area contributed by atoms with Crippen molar-refractivity contribution in [3.63, 3.8) is 0 Å². The molecule has 1 aliphatic rings. The van der Waals surface area contributed by atoms with Crippen LogP contribution in [0.2, 0.25) is 0 Å². The summed E-state index contributed by atoms with van der Waals surface area (Å²) in [6.45, 7) is 1.05. The van der Waals surface area contributed by atoms with Crippen LogP contribution in [0, 0.1) is 5.92 Å². The van der Waals surface area contributed by atoms with Crippen LogP contribution in [0.4, 0.5) is 0 Å². The standard InChI is InChI=1S/C11H23N3O.2ClH/c12-7-8-14-11(15)9-5-3-1-2-4-6-10(9)13;;/h9-10H,1-8,12-13H2,(H,14,15);2*1H. The fourth-order valence-electron chi connectivity index (χ4n) is 2.17. The minimum Gasteiger partial charge on any atom is -0.355 e. The summed E-state index contributed by atoms with van der Waals surface area (Å²) in [5.41, 5.74) is 11.4. The molecule has 0 bridgehead atoms. The number of nitrogens with one attached hydrogen (secondary N) is 1. The molecule has 5 N–H and O–H groups in total. The predicted octanol–water partition coefficient (Wildman–Crippen LogP) is 1.20. The van der Waals surface area contributed by atoms with Crippen molar-refractivity contribution in [3.05, 3.63) is 0 Å². The van der Waals surface area contributed by atoms with E-state index in [0.717, 1.165) is 25.7 Å². The molecule has 0 aromatic rings. The molecule has 0 saturated heterocycles. The molecule has 17 heavy (non-hydrogen) atoms. The molecule has 2 atom stereocenters. The van der Waals surface area contributed by atoms with Crippen LogP contribution < -0.4 is 16.8 Å². The predicted molar refractivity (Wildman–Crippen MR) is 75.7 cm³/mol. The van der Waals surface area contributed by atoms with Crippen LogP contribution in [0.5, 0.6) is 0 Å². The average Bonchev–Trinajstić information content (AvgIpc) is 2.20. The third-order valence-electron chi connectivity index (χ3n) is 3.10. The minimum atomic E-state index is -0.00292. The van der Waals surface area contributed by atoms with Crippen LogP contribution >= 0.6 is 24.8 Å². The Kier molecular flexibility index (Phi) is 12.6. The fraction of sp³-hybridized carbons (Fsp3) is 0.909. The van der Waals surface area contributed by atoms with Crippen LogP contribution in [0.25, 0.3) is 0 Å². The maximum absolute atomic E-state index is 11.8. The van der Waals surface area contributed by atoms with Gasteiger partial charge in [-0.2, -0.15) is 0 Å². The molecule has 1 amide bonds. The van der Waals surface area contributed by atoms with Crippen molar-refractivity contribution in [2.75, 3.05) is 13.1 Å². The van der Waals surface area contributed by atoms with Gasteiger partial charge in [0, 0.05) is 19.1 Å². The zero-order valence-corrected chi connectivity index (χ0v) is 11.8. The number of nitrogens with two attached hydrogens (primary N) is 2. The minimum absolute atomic E-state index is 0. The van der Waals surface area contributed by atoms with Gasteiger partial charge in [-0.15, -0.1) is 24.8 Å². The Morgan fingerprint density at radius 3 is 2.29 bits per heavy atom. The lowest BCUT2D eigenvalue weighted by Gasteiger charge is -2.25. The molecule has 0 spiro atoms. The van der Waals surface area contributed by atoms with E-state index in [9.17, 15) is 4.79 Å². The van der Waals surface area contributed by atoms with Crippen LogP contribution in [-0.4, -0.2) is 25.0 Å². The van der Waals surface area contributed by atoms with Crippen molar-refractivity contribution in [2.45, 2.75) is 44.6 Å². The Labute approximate surface area is 116 Å². The molecule has 0 aromatic heterocycles. The third-order valence-corrected chi connectivity index (χ3v) is 3.10. The molecule has 104 valence electrons. The first-order valence-electron chi connectivity index (χ1n) is 5.99. The van der Waals surface area contributed by atoms with Crippen molar-refractivity contribution in [1.82, 2.24) is 5.32 Å². The summed E-state index contributed by atoms with van der Waals surface area (Å²) in [5, 5.41) is 2.84. The Morgan fingerprint density at radius 1 is 1.12 bits per heavy atom. The van der Waals surface area contributed by atoms with Gasteiger partial charge in [0.2, 0.25) is 5.91 Å². The van der Waals surface area contributed by atoms with Gasteiger partial charge < -0.3 is 16.8 Å². The second kappa shape index (κ2) is 11.1. The first-order chi connectivity index (χ1) is 7.25. The van der Waals surface area contributed by atoms with Crippen LogP contribution in [0.15, 0.2) is 0 Å². The lowest BCUT2D eigenvalue weighted by Crippen LogP contribution is -2.43. The number of hydrogen-bond donors (Lipinski definition) is 3. The lowest BCUT2D eigenvalue weighted by atomic mass is 9.87. The molecule has 0 heterocycles. The molecule has 0 aliphatic heterocycles. The van der Waals surface area contributed by atoms with E-state index in [1.165, 1.54) is 12.8 Å². The molecule has 1 fully saturated rings. The number of amides is 1. The summed E-state index contributed by atoms with van der Waals surface area (Å²) in [4.78, 5) is 11.8. The Hall–Kier alpha value is -0.0300. The smallest absolute Gasteiger partial charge is 0.224 e. The Morgan fingerprint density at radius 2 is 1.71 bits per heavy atom. The van der Waals surface area contributed by atoms with Gasteiger partial charge in [0.15, 0.2) is 0 Å². The zero-order chi connectivity index (χ0) is 11.1. The van der Waals surface area contributed by atoms with E-state index in [1.54, 1.807) is 0 Å². The highest BCUT2D eigenvalue weighted by Crippen LogP contribution is 2.21. The van der Waals surface area contributed by atoms with Gasteiger partial charge in [0.25, 0.3) is 0 Å². The first-order valence-corrected chi connectivity index (χ1v) is 5.99. The highest BCUT2D eigenvalue weighted by atomic mass is 35.5. The van der Waals surface area contributed by atoms with Gasteiger partial charge in [0.05, 0.1) is 5.92 Å². The molecule has 1 aliphatic carbocycles. The van der Waals surface area contributed by atoms with E-state index in [2.05, 4.69) is 5.32 Å². The van der Waals surface area contributed by atoms with Crippen molar-refractivity contribution in [1.29, 1.82) is 0 Å². The van der Waals surface area contributed by atoms with E-state index in [1.807, 2.05) is 0 Å². The normalized spacial score (nSPS) is 24.6. The molecule has 6 heteroatoms. The van der Waals surface area contributed by atoms with E-state index in [4.69, 9.17) is 11.5 Å². The first kappa shape index (κ1) is 19.3. The summed E-state index contributed by atoms with van der Waals surface area (Å²) in [7, 11) is 0. The molecular formula is C11H25Cl2N3O. The van der Waals surface area contributed by atoms with Crippen LogP contribution in [0.1, 0.15) is 38.5 Å². The van der Waals surface area contributed by atoms with Crippen LogP contribution in [-0.2, 0) is 4.79 Å². The quantitative estimate of drug-likeness (QED) is 0.729. The van der Waals surface area contributed by atoms with Crippen molar-refractivity contribution in [3.8, 4) is 0 Å². The summed E-state index contributed by atoms with van der Waals surface area (Å²) in [6, 6.07) is 0.0306. The van der Waals surface area contributed by atoms with Gasteiger partial charge >= 0.3 is 0 Å².